The molecule has 5 heteroatoms. The Kier molecular flexibility index (Phi) is 2.65. The van der Waals surface area contributed by atoms with Crippen LogP contribution in [-0.4, -0.2) is 28.8 Å². The molecule has 0 spiro atoms. The van der Waals surface area contributed by atoms with E-state index < -0.39 is 23.7 Å². The summed E-state index contributed by atoms with van der Waals surface area (Å²) < 4.78 is 5.11. The molecule has 0 aliphatic heterocycles. The third-order valence-corrected chi connectivity index (χ3v) is 3.86. The van der Waals surface area contributed by atoms with Gasteiger partial charge in [-0.15, -0.1) is 0 Å². The van der Waals surface area contributed by atoms with Crippen molar-refractivity contribution in [2.75, 3.05) is 0 Å². The lowest BCUT2D eigenvalue weighted by atomic mass is 9.34. The molecular formula is C13H21NO4. The molecule has 1 atom stereocenters. The average Bonchev–Trinajstić information content (AvgIpc) is 2.04. The zero-order valence-corrected chi connectivity index (χ0v) is 11.4. The van der Waals surface area contributed by atoms with Gasteiger partial charge in [-0.3, -0.25) is 0 Å². The molecule has 0 aromatic rings. The van der Waals surface area contributed by atoms with Gasteiger partial charge in [-0.2, -0.15) is 0 Å². The van der Waals surface area contributed by atoms with Crippen LogP contribution in [0.3, 0.4) is 0 Å². The number of ether oxygens (including phenoxy) is 1. The van der Waals surface area contributed by atoms with Gasteiger partial charge in [0.2, 0.25) is 0 Å². The second-order valence-corrected chi connectivity index (χ2v) is 7.12. The summed E-state index contributed by atoms with van der Waals surface area (Å²) in [5, 5.41) is 11.8. The first-order valence-electron chi connectivity index (χ1n) is 6.28. The van der Waals surface area contributed by atoms with Crippen molar-refractivity contribution < 1.29 is 19.4 Å². The average molecular weight is 255 g/mol. The van der Waals surface area contributed by atoms with E-state index in [-0.39, 0.29) is 5.41 Å². The quantitative estimate of drug-likeness (QED) is 0.810. The Morgan fingerprint density at radius 2 is 1.78 bits per heavy atom. The second-order valence-electron chi connectivity index (χ2n) is 7.12. The highest BCUT2D eigenvalue weighted by Crippen LogP contribution is 2.74. The molecular weight excluding hydrogens is 234 g/mol. The van der Waals surface area contributed by atoms with E-state index in [0.29, 0.717) is 5.41 Å². The van der Waals surface area contributed by atoms with Crippen LogP contribution in [0.25, 0.3) is 0 Å². The molecule has 3 saturated carbocycles. The zero-order valence-electron chi connectivity index (χ0n) is 11.4. The minimum Gasteiger partial charge on any atom is -0.480 e. The van der Waals surface area contributed by atoms with Gasteiger partial charge in [0, 0.05) is 5.41 Å². The van der Waals surface area contributed by atoms with Crippen LogP contribution >= 0.6 is 0 Å². The van der Waals surface area contributed by atoms with Crippen LogP contribution in [0.4, 0.5) is 4.79 Å². The lowest BCUT2D eigenvalue weighted by Crippen LogP contribution is -2.70. The Labute approximate surface area is 107 Å². The number of carbonyl (C=O) groups excluding carboxylic acids is 1. The highest BCUT2D eigenvalue weighted by Gasteiger charge is 2.69. The van der Waals surface area contributed by atoms with Crippen molar-refractivity contribution in [3.05, 3.63) is 0 Å². The summed E-state index contributed by atoms with van der Waals surface area (Å²) in [4.78, 5) is 23.0. The summed E-state index contributed by atoms with van der Waals surface area (Å²) in [6.07, 6.45) is 2.00. The van der Waals surface area contributed by atoms with Crippen molar-refractivity contribution in [3.8, 4) is 0 Å². The number of carboxylic acids is 1. The maximum absolute atomic E-state index is 11.7. The normalized spacial score (nSPS) is 34.9. The molecule has 0 heterocycles. The minimum absolute atomic E-state index is 0.239. The molecule has 3 aliphatic rings. The minimum atomic E-state index is -0.970. The van der Waals surface area contributed by atoms with E-state index in [1.807, 2.05) is 0 Å². The molecule has 2 N–H and O–H groups in total. The molecule has 0 radical (unpaired) electrons. The molecule has 3 fully saturated rings. The number of carboxylic acid groups (broad SMARTS) is 1. The lowest BCUT2D eigenvalue weighted by molar-refractivity contribution is -0.214. The topological polar surface area (TPSA) is 75.6 Å². The van der Waals surface area contributed by atoms with Gasteiger partial charge < -0.3 is 15.2 Å². The van der Waals surface area contributed by atoms with Gasteiger partial charge in [0.05, 0.1) is 0 Å². The molecule has 102 valence electrons. The smallest absolute Gasteiger partial charge is 0.408 e. The highest BCUT2D eigenvalue weighted by molar-refractivity contribution is 5.81. The molecule has 3 rings (SSSR count). The van der Waals surface area contributed by atoms with Gasteiger partial charge in [0.15, 0.2) is 0 Å². The van der Waals surface area contributed by atoms with Gasteiger partial charge >= 0.3 is 12.1 Å². The van der Waals surface area contributed by atoms with E-state index >= 15 is 0 Å². The largest absolute Gasteiger partial charge is 0.480 e. The fourth-order valence-corrected chi connectivity index (χ4v) is 3.60. The molecule has 0 aromatic heterocycles. The predicted octanol–water partition coefficient (Wildman–Crippen LogP) is 2.15. The molecule has 18 heavy (non-hydrogen) atoms. The number of hydrogen-bond acceptors (Lipinski definition) is 3. The SMILES string of the molecule is CC12CC(C(NC(=O)OC(C)(C)C)C(=O)O)(C1)C2. The van der Waals surface area contributed by atoms with E-state index in [1.165, 1.54) is 0 Å². The summed E-state index contributed by atoms with van der Waals surface area (Å²) in [7, 11) is 0. The van der Waals surface area contributed by atoms with Crippen molar-refractivity contribution >= 4 is 12.1 Å². The van der Waals surface area contributed by atoms with Crippen molar-refractivity contribution in [2.45, 2.75) is 58.6 Å². The number of alkyl carbamates (subject to hydrolysis) is 1. The van der Waals surface area contributed by atoms with Gasteiger partial charge in [-0.25, -0.2) is 9.59 Å². The van der Waals surface area contributed by atoms with Crippen LogP contribution in [-0.2, 0) is 9.53 Å². The van der Waals surface area contributed by atoms with E-state index in [4.69, 9.17) is 4.74 Å². The molecule has 0 saturated heterocycles. The van der Waals surface area contributed by atoms with Crippen molar-refractivity contribution in [1.82, 2.24) is 5.32 Å². The maximum atomic E-state index is 11.7. The number of rotatable bonds is 3. The van der Waals surface area contributed by atoms with Crippen LogP contribution < -0.4 is 5.32 Å². The summed E-state index contributed by atoms with van der Waals surface area (Å²) in [5.74, 6) is -0.970. The fourth-order valence-electron chi connectivity index (χ4n) is 3.60. The van der Waals surface area contributed by atoms with Gasteiger partial charge in [-0.05, 0) is 45.4 Å². The van der Waals surface area contributed by atoms with E-state index in [1.54, 1.807) is 20.8 Å². The summed E-state index contributed by atoms with van der Waals surface area (Å²) in [6, 6.07) is -0.825. The predicted molar refractivity (Wildman–Crippen MR) is 65.2 cm³/mol. The fraction of sp³-hybridized carbons (Fsp3) is 0.846. The van der Waals surface area contributed by atoms with Crippen LogP contribution in [0.5, 0.6) is 0 Å². The first-order valence-corrected chi connectivity index (χ1v) is 6.28. The van der Waals surface area contributed by atoms with Crippen LogP contribution in [0.2, 0.25) is 0 Å². The third-order valence-electron chi connectivity index (χ3n) is 3.86. The number of aliphatic carboxylic acids is 1. The van der Waals surface area contributed by atoms with Gasteiger partial charge in [0.1, 0.15) is 11.6 Å². The zero-order chi connectivity index (χ0) is 13.8. The van der Waals surface area contributed by atoms with Crippen LogP contribution in [0.1, 0.15) is 47.0 Å². The highest BCUT2D eigenvalue weighted by atomic mass is 16.6. The Morgan fingerprint density at radius 3 is 2.11 bits per heavy atom. The Bertz CT molecular complexity index is 377. The summed E-state index contributed by atoms with van der Waals surface area (Å²) in [6.45, 7) is 7.42. The van der Waals surface area contributed by atoms with Crippen molar-refractivity contribution in [1.29, 1.82) is 0 Å². The van der Waals surface area contributed by atoms with Crippen molar-refractivity contribution in [3.63, 3.8) is 0 Å². The molecule has 3 aliphatic carbocycles. The van der Waals surface area contributed by atoms with Crippen LogP contribution in [0, 0.1) is 10.8 Å². The van der Waals surface area contributed by atoms with Crippen LogP contribution in [0.15, 0.2) is 0 Å². The maximum Gasteiger partial charge on any atom is 0.408 e. The first-order chi connectivity index (χ1) is 8.05. The van der Waals surface area contributed by atoms with E-state index in [0.717, 1.165) is 19.3 Å². The van der Waals surface area contributed by atoms with E-state index in [2.05, 4.69) is 12.2 Å². The van der Waals surface area contributed by atoms with Gasteiger partial charge in [-0.1, -0.05) is 6.92 Å². The standard InChI is InChI=1S/C13H21NO4/c1-11(2,3)18-10(17)14-8(9(15)16)13-5-12(4,6-13)7-13/h8H,5-7H2,1-4H3,(H,14,17)(H,15,16). The second kappa shape index (κ2) is 3.62. The molecule has 5 nitrogen and oxygen atoms in total. The first kappa shape index (κ1) is 13.2. The number of hydrogen-bond donors (Lipinski definition) is 2. The Balaban J connectivity index is 1.97. The number of amides is 1. The van der Waals surface area contributed by atoms with Gasteiger partial charge in [0.25, 0.3) is 0 Å². The Morgan fingerprint density at radius 1 is 1.28 bits per heavy atom. The van der Waals surface area contributed by atoms with Crippen molar-refractivity contribution in [2.24, 2.45) is 10.8 Å². The molecule has 1 unspecified atom stereocenters. The lowest BCUT2D eigenvalue weighted by Gasteiger charge is -2.71. The Hall–Kier alpha value is -1.26. The monoisotopic (exact) mass is 255 g/mol. The summed E-state index contributed by atoms with van der Waals surface area (Å²) >= 11 is 0. The number of nitrogens with one attached hydrogen (secondary N) is 1. The molecule has 1 amide bonds. The van der Waals surface area contributed by atoms with E-state index in [9.17, 15) is 14.7 Å². The third kappa shape index (κ3) is 2.18. The molecule has 0 aromatic carbocycles. The molecule has 2 bridgehead atoms. The number of carbonyl (C=O) groups is 2. The summed E-state index contributed by atoms with van der Waals surface area (Å²) in [5.41, 5.74) is -0.542.